The van der Waals surface area contributed by atoms with E-state index in [1.807, 2.05) is 20.8 Å². The summed E-state index contributed by atoms with van der Waals surface area (Å²) in [5.41, 5.74) is 1.79. The van der Waals surface area contributed by atoms with Crippen LogP contribution in [0.3, 0.4) is 0 Å². The molecule has 0 radical (unpaired) electrons. The average molecular weight is 431 g/mol. The number of amides is 1. The van der Waals surface area contributed by atoms with Crippen LogP contribution in [-0.4, -0.2) is 30.7 Å². The van der Waals surface area contributed by atoms with E-state index in [1.165, 1.54) is 23.5 Å². The molecule has 1 amide bonds. The number of carbonyl (C=O) groups is 1. The molecule has 1 N–H and O–H groups in total. The number of aromatic nitrogens is 1. The lowest BCUT2D eigenvalue weighted by atomic mass is 10.1. The molecular formula is C22H23FN2O4S. The largest absolute Gasteiger partial charge is 0.490 e. The fourth-order valence-corrected chi connectivity index (χ4v) is 3.49. The van der Waals surface area contributed by atoms with E-state index in [1.54, 1.807) is 29.6 Å². The van der Waals surface area contributed by atoms with Crippen LogP contribution < -0.4 is 19.5 Å². The number of anilines is 1. The van der Waals surface area contributed by atoms with Crippen molar-refractivity contribution in [3.8, 4) is 28.5 Å². The molecular weight excluding hydrogens is 407 g/mol. The minimum Gasteiger partial charge on any atom is -0.490 e. The molecule has 0 fully saturated rings. The zero-order valence-electron chi connectivity index (χ0n) is 17.0. The molecule has 0 aliphatic heterocycles. The first kappa shape index (κ1) is 21.6. The molecule has 0 spiro atoms. The van der Waals surface area contributed by atoms with Crippen molar-refractivity contribution in [2.45, 2.75) is 20.8 Å². The quantitative estimate of drug-likeness (QED) is 0.492. The normalized spacial score (nSPS) is 10.5. The first-order valence-electron chi connectivity index (χ1n) is 9.64. The third-order valence-corrected chi connectivity index (χ3v) is 4.79. The van der Waals surface area contributed by atoms with Crippen LogP contribution in [0.2, 0.25) is 0 Å². The fourth-order valence-electron chi connectivity index (χ4n) is 2.77. The Balaban J connectivity index is 1.85. The monoisotopic (exact) mass is 430 g/mol. The highest BCUT2D eigenvalue weighted by atomic mass is 32.1. The van der Waals surface area contributed by atoms with Gasteiger partial charge < -0.3 is 14.2 Å². The predicted octanol–water partition coefficient (Wildman–Crippen LogP) is 5.40. The number of nitrogens with one attached hydrogen (secondary N) is 1. The molecule has 6 nitrogen and oxygen atoms in total. The third-order valence-electron chi connectivity index (χ3n) is 4.04. The summed E-state index contributed by atoms with van der Waals surface area (Å²) < 4.78 is 30.1. The Morgan fingerprint density at radius 3 is 2.17 bits per heavy atom. The van der Waals surface area contributed by atoms with Gasteiger partial charge in [0, 0.05) is 16.5 Å². The number of thiazole rings is 1. The maximum absolute atomic E-state index is 13.1. The van der Waals surface area contributed by atoms with Gasteiger partial charge in [-0.15, -0.1) is 11.3 Å². The van der Waals surface area contributed by atoms with E-state index in [2.05, 4.69) is 10.3 Å². The topological polar surface area (TPSA) is 69.7 Å². The molecule has 3 aromatic rings. The number of benzene rings is 2. The maximum Gasteiger partial charge on any atom is 0.257 e. The molecule has 2 aromatic carbocycles. The van der Waals surface area contributed by atoms with Gasteiger partial charge in [-0.05, 0) is 57.2 Å². The van der Waals surface area contributed by atoms with Gasteiger partial charge in [0.2, 0.25) is 5.75 Å². The Labute approximate surface area is 178 Å². The van der Waals surface area contributed by atoms with Crippen molar-refractivity contribution in [1.29, 1.82) is 0 Å². The average Bonchev–Trinajstić information content (AvgIpc) is 3.19. The highest BCUT2D eigenvalue weighted by Gasteiger charge is 2.19. The molecule has 0 unspecified atom stereocenters. The van der Waals surface area contributed by atoms with Crippen LogP contribution >= 0.6 is 11.3 Å². The van der Waals surface area contributed by atoms with Gasteiger partial charge in [0.05, 0.1) is 25.5 Å². The maximum atomic E-state index is 13.1. The molecule has 3 rings (SSSR count). The number of hydrogen-bond donors (Lipinski definition) is 1. The van der Waals surface area contributed by atoms with Crippen molar-refractivity contribution in [3.63, 3.8) is 0 Å². The molecule has 0 bridgehead atoms. The second-order valence-electron chi connectivity index (χ2n) is 6.10. The van der Waals surface area contributed by atoms with Gasteiger partial charge in [-0.2, -0.15) is 0 Å². The Bertz CT molecular complexity index is 978. The van der Waals surface area contributed by atoms with Crippen LogP contribution in [0.15, 0.2) is 41.8 Å². The molecule has 0 aliphatic rings. The molecule has 158 valence electrons. The van der Waals surface area contributed by atoms with Gasteiger partial charge in [0.15, 0.2) is 16.6 Å². The molecule has 1 aromatic heterocycles. The zero-order chi connectivity index (χ0) is 21.5. The summed E-state index contributed by atoms with van der Waals surface area (Å²) in [6.07, 6.45) is 0. The summed E-state index contributed by atoms with van der Waals surface area (Å²) >= 11 is 1.29. The van der Waals surface area contributed by atoms with E-state index in [-0.39, 0.29) is 11.7 Å². The standard InChI is InChI=1S/C22H23FN2O4S/c1-4-27-18-11-15(12-19(28-5-2)20(18)29-6-3)21(26)25-22-24-17(13-30-22)14-7-9-16(23)10-8-14/h7-13H,4-6H2,1-3H3,(H,24,25,26). The molecule has 0 aliphatic carbocycles. The van der Waals surface area contributed by atoms with Crippen molar-refractivity contribution in [1.82, 2.24) is 4.98 Å². The molecule has 1 heterocycles. The van der Waals surface area contributed by atoms with Crippen LogP contribution in [0.4, 0.5) is 9.52 Å². The van der Waals surface area contributed by atoms with E-state index in [9.17, 15) is 9.18 Å². The van der Waals surface area contributed by atoms with Crippen LogP contribution in [0.25, 0.3) is 11.3 Å². The summed E-state index contributed by atoms with van der Waals surface area (Å²) in [7, 11) is 0. The van der Waals surface area contributed by atoms with E-state index in [4.69, 9.17) is 14.2 Å². The number of carbonyl (C=O) groups excluding carboxylic acids is 1. The lowest BCUT2D eigenvalue weighted by Crippen LogP contribution is -2.13. The van der Waals surface area contributed by atoms with Gasteiger partial charge in [0.1, 0.15) is 5.82 Å². The smallest absolute Gasteiger partial charge is 0.257 e. The Morgan fingerprint density at radius 1 is 1.00 bits per heavy atom. The first-order valence-corrected chi connectivity index (χ1v) is 10.5. The minimum absolute atomic E-state index is 0.312. The van der Waals surface area contributed by atoms with Gasteiger partial charge in [-0.3, -0.25) is 10.1 Å². The molecule has 0 saturated carbocycles. The van der Waals surface area contributed by atoms with E-state index in [0.29, 0.717) is 53.5 Å². The van der Waals surface area contributed by atoms with Crippen molar-refractivity contribution in [2.75, 3.05) is 25.1 Å². The predicted molar refractivity (Wildman–Crippen MR) is 115 cm³/mol. The highest BCUT2D eigenvalue weighted by Crippen LogP contribution is 2.39. The summed E-state index contributed by atoms with van der Waals surface area (Å²) in [6, 6.07) is 9.28. The minimum atomic E-state index is -0.347. The number of ether oxygens (including phenoxy) is 3. The van der Waals surface area contributed by atoms with Crippen molar-refractivity contribution < 1.29 is 23.4 Å². The van der Waals surface area contributed by atoms with Gasteiger partial charge >= 0.3 is 0 Å². The second kappa shape index (κ2) is 10.1. The van der Waals surface area contributed by atoms with Crippen LogP contribution in [0, 0.1) is 5.82 Å². The summed E-state index contributed by atoms with van der Waals surface area (Å²) in [4.78, 5) is 17.3. The lowest BCUT2D eigenvalue weighted by Gasteiger charge is -2.16. The van der Waals surface area contributed by atoms with Gasteiger partial charge in [0.25, 0.3) is 5.91 Å². The SMILES string of the molecule is CCOc1cc(C(=O)Nc2nc(-c3ccc(F)cc3)cs2)cc(OCC)c1OCC. The Kier molecular flexibility index (Phi) is 7.24. The summed E-state index contributed by atoms with van der Waals surface area (Å²) in [5, 5.41) is 5.03. The Hall–Kier alpha value is -3.13. The zero-order valence-corrected chi connectivity index (χ0v) is 17.8. The fraction of sp³-hybridized carbons (Fsp3) is 0.273. The van der Waals surface area contributed by atoms with Crippen molar-refractivity contribution >= 4 is 22.4 Å². The molecule has 8 heteroatoms. The van der Waals surface area contributed by atoms with E-state index < -0.39 is 0 Å². The first-order chi connectivity index (χ1) is 14.5. The van der Waals surface area contributed by atoms with Gasteiger partial charge in [-0.25, -0.2) is 9.37 Å². The molecule has 0 saturated heterocycles. The van der Waals surface area contributed by atoms with Crippen molar-refractivity contribution in [2.24, 2.45) is 0 Å². The van der Waals surface area contributed by atoms with E-state index >= 15 is 0 Å². The van der Waals surface area contributed by atoms with Crippen LogP contribution in [0.5, 0.6) is 17.2 Å². The number of hydrogen-bond acceptors (Lipinski definition) is 6. The van der Waals surface area contributed by atoms with Crippen molar-refractivity contribution in [3.05, 3.63) is 53.2 Å². The highest BCUT2D eigenvalue weighted by molar-refractivity contribution is 7.14. The summed E-state index contributed by atoms with van der Waals surface area (Å²) in [6.45, 7) is 6.86. The lowest BCUT2D eigenvalue weighted by molar-refractivity contribution is 0.102. The molecule has 30 heavy (non-hydrogen) atoms. The van der Waals surface area contributed by atoms with E-state index in [0.717, 1.165) is 5.56 Å². The number of halogens is 1. The second-order valence-corrected chi connectivity index (χ2v) is 6.96. The summed E-state index contributed by atoms with van der Waals surface area (Å²) in [5.74, 6) is 0.710. The number of nitrogens with zero attached hydrogens (tertiary/aromatic N) is 1. The van der Waals surface area contributed by atoms with Gasteiger partial charge in [-0.1, -0.05) is 0 Å². The Morgan fingerprint density at radius 2 is 1.60 bits per heavy atom. The molecule has 0 atom stereocenters. The van der Waals surface area contributed by atoms with Crippen LogP contribution in [0.1, 0.15) is 31.1 Å². The van der Waals surface area contributed by atoms with Crippen LogP contribution in [-0.2, 0) is 0 Å². The third kappa shape index (κ3) is 5.07. The number of rotatable bonds is 9.